The van der Waals surface area contributed by atoms with Crippen LogP contribution in [0.1, 0.15) is 0 Å². The first-order chi connectivity index (χ1) is 5.82. The highest BCUT2D eigenvalue weighted by molar-refractivity contribution is 7.89. The molecule has 0 heterocycles. The Kier molecular flexibility index (Phi) is 2.56. The number of nitrogens with two attached hydrogens (primary N) is 1. The van der Waals surface area contributed by atoms with Crippen molar-refractivity contribution in [2.24, 2.45) is 5.14 Å². The van der Waals surface area contributed by atoms with E-state index in [0.717, 1.165) is 0 Å². The van der Waals surface area contributed by atoms with Crippen molar-refractivity contribution in [1.29, 1.82) is 0 Å². The summed E-state index contributed by atoms with van der Waals surface area (Å²) in [6, 6.07) is 0.990. The van der Waals surface area contributed by atoms with Gasteiger partial charge in [0.25, 0.3) is 0 Å². The van der Waals surface area contributed by atoms with Crippen LogP contribution in [0.2, 0.25) is 5.02 Å². The fraction of sp³-hybridized carbons (Fsp3) is 0. The number of primary sulfonamides is 1. The van der Waals surface area contributed by atoms with Gasteiger partial charge in [0.15, 0.2) is 0 Å². The number of hydrogen-bond acceptors (Lipinski definition) is 2. The van der Waals surface area contributed by atoms with E-state index in [2.05, 4.69) is 5.14 Å². The lowest BCUT2D eigenvalue weighted by Crippen LogP contribution is -2.14. The number of halogens is 3. The molecule has 0 radical (unpaired) electrons. The molecule has 2 N–H and O–H groups in total. The maximum atomic E-state index is 12.8. The van der Waals surface area contributed by atoms with Crippen molar-refractivity contribution in [3.8, 4) is 0 Å². The lowest BCUT2D eigenvalue weighted by Gasteiger charge is -2.01. The van der Waals surface area contributed by atoms with Crippen LogP contribution in [0.3, 0.4) is 0 Å². The fourth-order valence-corrected chi connectivity index (χ4v) is 1.56. The molecule has 1 rings (SSSR count). The molecule has 0 saturated carbocycles. The van der Waals surface area contributed by atoms with Crippen molar-refractivity contribution in [2.75, 3.05) is 0 Å². The summed E-state index contributed by atoms with van der Waals surface area (Å²) in [6.45, 7) is 0. The Labute approximate surface area is 78.2 Å². The van der Waals surface area contributed by atoms with Gasteiger partial charge in [-0.1, -0.05) is 11.6 Å². The first kappa shape index (κ1) is 10.4. The van der Waals surface area contributed by atoms with Crippen molar-refractivity contribution >= 4 is 21.6 Å². The van der Waals surface area contributed by atoms with Crippen LogP contribution in [0.5, 0.6) is 0 Å². The molecule has 13 heavy (non-hydrogen) atoms. The van der Waals surface area contributed by atoms with Crippen LogP contribution >= 0.6 is 11.6 Å². The maximum Gasteiger partial charge on any atom is 0.241 e. The molecule has 72 valence electrons. The molecule has 1 aromatic carbocycles. The van der Waals surface area contributed by atoms with Crippen LogP contribution in [-0.4, -0.2) is 8.42 Å². The molecule has 0 amide bonds. The molecule has 0 fully saturated rings. The van der Waals surface area contributed by atoms with Gasteiger partial charge in [0.1, 0.15) is 16.5 Å². The van der Waals surface area contributed by atoms with Crippen LogP contribution < -0.4 is 5.14 Å². The van der Waals surface area contributed by atoms with E-state index >= 15 is 0 Å². The third-order valence-electron chi connectivity index (χ3n) is 1.28. The second-order valence-electron chi connectivity index (χ2n) is 2.24. The molecular weight excluding hydrogens is 224 g/mol. The Morgan fingerprint density at radius 3 is 2.23 bits per heavy atom. The molecule has 0 aliphatic rings. The van der Waals surface area contributed by atoms with E-state index in [9.17, 15) is 17.2 Å². The summed E-state index contributed by atoms with van der Waals surface area (Å²) in [6.07, 6.45) is 0. The Bertz CT molecular complexity index is 446. The highest BCUT2D eigenvalue weighted by atomic mass is 35.5. The van der Waals surface area contributed by atoms with Crippen LogP contribution in [0.25, 0.3) is 0 Å². The molecule has 3 nitrogen and oxygen atoms in total. The van der Waals surface area contributed by atoms with Crippen molar-refractivity contribution in [1.82, 2.24) is 0 Å². The summed E-state index contributed by atoms with van der Waals surface area (Å²) < 4.78 is 46.7. The van der Waals surface area contributed by atoms with E-state index in [-0.39, 0.29) is 0 Å². The molecule has 0 saturated heterocycles. The molecule has 1 aromatic rings. The summed E-state index contributed by atoms with van der Waals surface area (Å²) in [4.78, 5) is -0.820. The summed E-state index contributed by atoms with van der Waals surface area (Å²) in [5.41, 5.74) is 0. The smallest absolute Gasteiger partial charge is 0.225 e. The zero-order chi connectivity index (χ0) is 10.2. The van der Waals surface area contributed by atoms with Gasteiger partial charge in [-0.3, -0.25) is 0 Å². The molecule has 0 aromatic heterocycles. The first-order valence-electron chi connectivity index (χ1n) is 2.99. The van der Waals surface area contributed by atoms with Gasteiger partial charge in [0, 0.05) is 6.07 Å². The molecule has 0 atom stereocenters. The average Bonchev–Trinajstić information content (AvgIpc) is 1.94. The van der Waals surface area contributed by atoms with E-state index in [1.807, 2.05) is 0 Å². The summed E-state index contributed by atoms with van der Waals surface area (Å²) >= 11 is 5.23. The van der Waals surface area contributed by atoms with E-state index in [0.29, 0.717) is 12.1 Å². The van der Waals surface area contributed by atoms with E-state index < -0.39 is 31.6 Å². The average molecular weight is 228 g/mol. The highest BCUT2D eigenvalue weighted by Gasteiger charge is 2.17. The van der Waals surface area contributed by atoms with Crippen LogP contribution in [-0.2, 0) is 10.0 Å². The summed E-state index contributed by atoms with van der Waals surface area (Å²) in [5.74, 6) is -2.30. The molecular formula is C6H4ClF2NO2S. The largest absolute Gasteiger partial charge is 0.241 e. The second kappa shape index (κ2) is 3.21. The van der Waals surface area contributed by atoms with Gasteiger partial charge in [0.05, 0.1) is 5.02 Å². The topological polar surface area (TPSA) is 60.2 Å². The minimum Gasteiger partial charge on any atom is -0.225 e. The molecule has 0 unspecified atom stereocenters. The predicted molar refractivity (Wildman–Crippen MR) is 42.7 cm³/mol. The van der Waals surface area contributed by atoms with E-state index in [1.165, 1.54) is 0 Å². The normalized spacial score (nSPS) is 11.7. The minimum atomic E-state index is -4.20. The van der Waals surface area contributed by atoms with Gasteiger partial charge in [-0.15, -0.1) is 0 Å². The van der Waals surface area contributed by atoms with Crippen molar-refractivity contribution in [3.63, 3.8) is 0 Å². The zero-order valence-electron chi connectivity index (χ0n) is 6.09. The van der Waals surface area contributed by atoms with Crippen molar-refractivity contribution < 1.29 is 17.2 Å². The maximum absolute atomic E-state index is 12.8. The number of hydrogen-bond donors (Lipinski definition) is 1. The van der Waals surface area contributed by atoms with E-state index in [1.54, 1.807) is 0 Å². The molecule has 0 spiro atoms. The van der Waals surface area contributed by atoms with Crippen LogP contribution in [0.4, 0.5) is 8.78 Å². The molecule has 0 aliphatic heterocycles. The van der Waals surface area contributed by atoms with Crippen LogP contribution in [0, 0.1) is 11.6 Å². The Morgan fingerprint density at radius 2 is 1.77 bits per heavy atom. The van der Waals surface area contributed by atoms with Gasteiger partial charge in [0.2, 0.25) is 10.0 Å². The minimum absolute atomic E-state index is 0.363. The fourth-order valence-electron chi connectivity index (χ4n) is 0.722. The third-order valence-corrected chi connectivity index (χ3v) is 2.50. The standard InChI is InChI=1S/C6H4ClF2NO2S/c7-3-1-6(13(10,11)12)5(9)2-4(3)8/h1-2H,(H2,10,11,12). The van der Waals surface area contributed by atoms with Crippen LogP contribution in [0.15, 0.2) is 17.0 Å². The number of sulfonamides is 1. The SMILES string of the molecule is NS(=O)(=O)c1cc(Cl)c(F)cc1F. The summed E-state index contributed by atoms with van der Waals surface area (Å²) in [7, 11) is -4.20. The van der Waals surface area contributed by atoms with Gasteiger partial charge in [-0.25, -0.2) is 22.3 Å². The van der Waals surface area contributed by atoms with Crippen molar-refractivity contribution in [2.45, 2.75) is 4.90 Å². The monoisotopic (exact) mass is 227 g/mol. The molecule has 0 aliphatic carbocycles. The Balaban J connectivity index is 3.50. The lowest BCUT2D eigenvalue weighted by molar-refractivity contribution is 0.550. The highest BCUT2D eigenvalue weighted by Crippen LogP contribution is 2.21. The molecule has 0 bridgehead atoms. The lowest BCUT2D eigenvalue weighted by atomic mass is 10.3. The first-order valence-corrected chi connectivity index (χ1v) is 4.92. The second-order valence-corrected chi connectivity index (χ2v) is 4.18. The van der Waals surface area contributed by atoms with Crippen molar-refractivity contribution in [3.05, 3.63) is 28.8 Å². The predicted octanol–water partition coefficient (Wildman–Crippen LogP) is 1.27. The van der Waals surface area contributed by atoms with Gasteiger partial charge in [-0.05, 0) is 6.07 Å². The number of benzene rings is 1. The van der Waals surface area contributed by atoms with Gasteiger partial charge >= 0.3 is 0 Å². The Hall–Kier alpha value is -0.720. The van der Waals surface area contributed by atoms with E-state index in [4.69, 9.17) is 11.6 Å². The summed E-state index contributed by atoms with van der Waals surface area (Å²) in [5, 5.41) is 4.13. The Morgan fingerprint density at radius 1 is 1.23 bits per heavy atom. The van der Waals surface area contributed by atoms with Gasteiger partial charge < -0.3 is 0 Å². The molecule has 7 heteroatoms. The zero-order valence-corrected chi connectivity index (χ0v) is 7.66. The third kappa shape index (κ3) is 2.15. The quantitative estimate of drug-likeness (QED) is 0.735. The number of rotatable bonds is 1. The van der Waals surface area contributed by atoms with Gasteiger partial charge in [-0.2, -0.15) is 0 Å².